The highest BCUT2D eigenvalue weighted by atomic mass is 16.5. The standard InChI is InChI=1S/C11H15NO4/c1-14-8-4-5-10(15-2)9(6-8)11(16-3)7-12-13/h4-7,11,13H,1-3H3/b12-7+/t11-/m0/s1. The lowest BCUT2D eigenvalue weighted by molar-refractivity contribution is 0.154. The number of nitrogens with zero attached hydrogens (tertiary/aromatic N) is 1. The smallest absolute Gasteiger partial charge is 0.125 e. The molecule has 0 bridgehead atoms. The molecular weight excluding hydrogens is 210 g/mol. The maximum atomic E-state index is 8.54. The average molecular weight is 225 g/mol. The quantitative estimate of drug-likeness (QED) is 0.472. The second kappa shape index (κ2) is 5.97. The van der Waals surface area contributed by atoms with E-state index in [1.54, 1.807) is 32.4 Å². The zero-order valence-electron chi connectivity index (χ0n) is 9.51. The summed E-state index contributed by atoms with van der Waals surface area (Å²) in [5, 5.41) is 11.5. The summed E-state index contributed by atoms with van der Waals surface area (Å²) >= 11 is 0. The van der Waals surface area contributed by atoms with Gasteiger partial charge in [0.05, 0.1) is 20.4 Å². The predicted molar refractivity (Wildman–Crippen MR) is 59.6 cm³/mol. The number of methoxy groups -OCH3 is 3. The highest BCUT2D eigenvalue weighted by Crippen LogP contribution is 2.30. The molecule has 1 aromatic carbocycles. The van der Waals surface area contributed by atoms with E-state index >= 15 is 0 Å². The van der Waals surface area contributed by atoms with Crippen molar-refractivity contribution in [2.75, 3.05) is 21.3 Å². The minimum absolute atomic E-state index is 0.477. The van der Waals surface area contributed by atoms with Gasteiger partial charge in [0.15, 0.2) is 0 Å². The van der Waals surface area contributed by atoms with E-state index in [1.807, 2.05) is 0 Å². The fourth-order valence-corrected chi connectivity index (χ4v) is 1.39. The Bertz CT molecular complexity index is 365. The molecule has 0 unspecified atom stereocenters. The minimum Gasteiger partial charge on any atom is -0.497 e. The van der Waals surface area contributed by atoms with Crippen molar-refractivity contribution in [1.82, 2.24) is 0 Å². The van der Waals surface area contributed by atoms with E-state index in [1.165, 1.54) is 13.3 Å². The van der Waals surface area contributed by atoms with E-state index in [0.717, 1.165) is 5.56 Å². The molecule has 88 valence electrons. The number of hydrogen-bond acceptors (Lipinski definition) is 5. The van der Waals surface area contributed by atoms with Gasteiger partial charge in [-0.15, -0.1) is 0 Å². The van der Waals surface area contributed by atoms with E-state index in [2.05, 4.69) is 5.16 Å². The Morgan fingerprint density at radius 2 is 2.00 bits per heavy atom. The molecule has 0 saturated carbocycles. The van der Waals surface area contributed by atoms with Gasteiger partial charge < -0.3 is 19.4 Å². The first-order chi connectivity index (χ1) is 7.76. The molecule has 1 rings (SSSR count). The van der Waals surface area contributed by atoms with Gasteiger partial charge in [-0.05, 0) is 18.2 Å². The van der Waals surface area contributed by atoms with Gasteiger partial charge in [-0.3, -0.25) is 0 Å². The van der Waals surface area contributed by atoms with Crippen molar-refractivity contribution in [3.8, 4) is 11.5 Å². The van der Waals surface area contributed by atoms with Crippen molar-refractivity contribution in [2.45, 2.75) is 6.10 Å². The van der Waals surface area contributed by atoms with Gasteiger partial charge in [-0.1, -0.05) is 5.16 Å². The summed E-state index contributed by atoms with van der Waals surface area (Å²) in [6, 6.07) is 5.32. The predicted octanol–water partition coefficient (Wildman–Crippen LogP) is 1.85. The summed E-state index contributed by atoms with van der Waals surface area (Å²) in [5.41, 5.74) is 0.738. The van der Waals surface area contributed by atoms with Crippen LogP contribution in [0.3, 0.4) is 0 Å². The minimum atomic E-state index is -0.477. The van der Waals surface area contributed by atoms with Crippen molar-refractivity contribution in [1.29, 1.82) is 0 Å². The molecule has 0 aliphatic carbocycles. The van der Waals surface area contributed by atoms with E-state index in [-0.39, 0.29) is 0 Å². The van der Waals surface area contributed by atoms with E-state index in [4.69, 9.17) is 19.4 Å². The van der Waals surface area contributed by atoms with Gasteiger partial charge in [0.2, 0.25) is 0 Å². The Balaban J connectivity index is 3.15. The van der Waals surface area contributed by atoms with Crippen LogP contribution in [0, 0.1) is 0 Å². The molecular formula is C11H15NO4. The first-order valence-corrected chi connectivity index (χ1v) is 4.69. The van der Waals surface area contributed by atoms with E-state index < -0.39 is 6.10 Å². The van der Waals surface area contributed by atoms with E-state index in [0.29, 0.717) is 11.5 Å². The van der Waals surface area contributed by atoms with Crippen LogP contribution >= 0.6 is 0 Å². The Kier molecular flexibility index (Phi) is 4.60. The molecule has 0 aliphatic rings. The third kappa shape index (κ3) is 2.64. The largest absolute Gasteiger partial charge is 0.497 e. The maximum absolute atomic E-state index is 8.54. The van der Waals surface area contributed by atoms with Crippen molar-refractivity contribution < 1.29 is 19.4 Å². The fraction of sp³-hybridized carbons (Fsp3) is 0.364. The van der Waals surface area contributed by atoms with Crippen LogP contribution in [0.15, 0.2) is 23.4 Å². The number of ether oxygens (including phenoxy) is 3. The highest BCUT2D eigenvalue weighted by molar-refractivity contribution is 5.67. The zero-order valence-corrected chi connectivity index (χ0v) is 9.51. The molecule has 0 aromatic heterocycles. The van der Waals surface area contributed by atoms with Gasteiger partial charge in [0, 0.05) is 12.7 Å². The van der Waals surface area contributed by atoms with Gasteiger partial charge in [0.25, 0.3) is 0 Å². The van der Waals surface area contributed by atoms with Crippen LogP contribution in [-0.2, 0) is 4.74 Å². The lowest BCUT2D eigenvalue weighted by Crippen LogP contribution is -2.05. The summed E-state index contributed by atoms with van der Waals surface area (Å²) in [6.45, 7) is 0. The molecule has 1 atom stereocenters. The van der Waals surface area contributed by atoms with Crippen LogP contribution in [0.1, 0.15) is 11.7 Å². The Hall–Kier alpha value is -1.75. The molecule has 0 heterocycles. The third-order valence-corrected chi connectivity index (χ3v) is 2.20. The Labute approximate surface area is 94.2 Å². The number of rotatable bonds is 5. The number of benzene rings is 1. The average Bonchev–Trinajstić information content (AvgIpc) is 2.35. The molecule has 0 fully saturated rings. The van der Waals surface area contributed by atoms with Crippen LogP contribution in [0.2, 0.25) is 0 Å². The first-order valence-electron chi connectivity index (χ1n) is 4.69. The number of oxime groups is 1. The van der Waals surface area contributed by atoms with Crippen LogP contribution in [0.25, 0.3) is 0 Å². The lowest BCUT2D eigenvalue weighted by atomic mass is 10.1. The molecule has 0 saturated heterocycles. The molecule has 1 aromatic rings. The molecule has 5 nitrogen and oxygen atoms in total. The van der Waals surface area contributed by atoms with Crippen molar-refractivity contribution in [2.24, 2.45) is 5.16 Å². The van der Waals surface area contributed by atoms with Crippen LogP contribution < -0.4 is 9.47 Å². The second-order valence-electron chi connectivity index (χ2n) is 3.03. The Morgan fingerprint density at radius 1 is 1.25 bits per heavy atom. The summed E-state index contributed by atoms with van der Waals surface area (Å²) in [6.07, 6.45) is 0.798. The topological polar surface area (TPSA) is 60.3 Å². The van der Waals surface area contributed by atoms with Crippen LogP contribution in [0.5, 0.6) is 11.5 Å². The lowest BCUT2D eigenvalue weighted by Gasteiger charge is -2.15. The van der Waals surface area contributed by atoms with Crippen molar-refractivity contribution >= 4 is 6.21 Å². The van der Waals surface area contributed by atoms with Crippen molar-refractivity contribution in [3.63, 3.8) is 0 Å². The highest BCUT2D eigenvalue weighted by Gasteiger charge is 2.14. The monoisotopic (exact) mass is 225 g/mol. The second-order valence-corrected chi connectivity index (χ2v) is 3.03. The Morgan fingerprint density at radius 3 is 2.50 bits per heavy atom. The summed E-state index contributed by atoms with van der Waals surface area (Å²) in [5.74, 6) is 1.33. The van der Waals surface area contributed by atoms with Crippen LogP contribution in [-0.4, -0.2) is 32.8 Å². The van der Waals surface area contributed by atoms with Gasteiger partial charge in [-0.25, -0.2) is 0 Å². The van der Waals surface area contributed by atoms with Gasteiger partial charge in [0.1, 0.15) is 17.6 Å². The first kappa shape index (κ1) is 12.3. The summed E-state index contributed by atoms with van der Waals surface area (Å²) in [7, 11) is 4.66. The van der Waals surface area contributed by atoms with Gasteiger partial charge >= 0.3 is 0 Å². The molecule has 0 radical (unpaired) electrons. The van der Waals surface area contributed by atoms with E-state index in [9.17, 15) is 0 Å². The molecule has 5 heteroatoms. The molecule has 0 aliphatic heterocycles. The molecule has 16 heavy (non-hydrogen) atoms. The molecule has 0 spiro atoms. The summed E-state index contributed by atoms with van der Waals surface area (Å²) in [4.78, 5) is 0. The number of hydrogen-bond donors (Lipinski definition) is 1. The SMILES string of the molecule is COc1ccc(OC)c([C@H](/C=N/O)OC)c1. The van der Waals surface area contributed by atoms with Gasteiger partial charge in [-0.2, -0.15) is 0 Å². The summed E-state index contributed by atoms with van der Waals surface area (Å²) < 4.78 is 15.5. The normalized spacial score (nSPS) is 12.7. The van der Waals surface area contributed by atoms with Crippen molar-refractivity contribution in [3.05, 3.63) is 23.8 Å². The zero-order chi connectivity index (χ0) is 12.0. The third-order valence-electron chi connectivity index (χ3n) is 2.20. The molecule has 0 amide bonds. The maximum Gasteiger partial charge on any atom is 0.125 e. The van der Waals surface area contributed by atoms with Crippen LogP contribution in [0.4, 0.5) is 0 Å². The fourth-order valence-electron chi connectivity index (χ4n) is 1.39. The molecule has 1 N–H and O–H groups in total.